The van der Waals surface area contributed by atoms with E-state index in [9.17, 15) is 0 Å². The van der Waals surface area contributed by atoms with Gasteiger partial charge in [0.25, 0.3) is 0 Å². The molecule has 2 aromatic rings. The second-order valence-electron chi connectivity index (χ2n) is 4.57. The summed E-state index contributed by atoms with van der Waals surface area (Å²) in [6.07, 6.45) is 0. The molecule has 0 heterocycles. The van der Waals surface area contributed by atoms with Crippen LogP contribution in [0.3, 0.4) is 0 Å². The van der Waals surface area contributed by atoms with E-state index in [0.29, 0.717) is 13.2 Å². The maximum Gasteiger partial charge on any atom is 0.161 e. The summed E-state index contributed by atoms with van der Waals surface area (Å²) >= 11 is 2.31. The Morgan fingerprint density at radius 3 is 2.33 bits per heavy atom. The van der Waals surface area contributed by atoms with Crippen LogP contribution in [0.2, 0.25) is 0 Å². The van der Waals surface area contributed by atoms with Crippen molar-refractivity contribution in [3.8, 4) is 11.5 Å². The minimum atomic E-state index is -0.173. The number of nitrogens with two attached hydrogens (primary N) is 1. The van der Waals surface area contributed by atoms with Gasteiger partial charge in [0.2, 0.25) is 0 Å². The van der Waals surface area contributed by atoms with Crippen molar-refractivity contribution < 1.29 is 9.47 Å². The zero-order valence-corrected chi connectivity index (χ0v) is 14.5. The molecule has 1 unspecified atom stereocenters. The Kier molecular flexibility index (Phi) is 5.87. The fourth-order valence-corrected chi connectivity index (χ4v) is 2.89. The van der Waals surface area contributed by atoms with Gasteiger partial charge in [0, 0.05) is 3.57 Å². The lowest BCUT2D eigenvalue weighted by Gasteiger charge is -2.17. The maximum absolute atomic E-state index is 6.41. The molecule has 0 aliphatic rings. The Labute approximate surface area is 139 Å². The average Bonchev–Trinajstić information content (AvgIpc) is 2.49. The van der Waals surface area contributed by atoms with Crippen LogP contribution < -0.4 is 15.2 Å². The van der Waals surface area contributed by atoms with Crippen LogP contribution in [0.4, 0.5) is 0 Å². The Hall–Kier alpha value is -1.27. The topological polar surface area (TPSA) is 44.5 Å². The normalized spacial score (nSPS) is 12.0. The molecule has 4 heteroatoms. The molecule has 21 heavy (non-hydrogen) atoms. The van der Waals surface area contributed by atoms with E-state index in [1.807, 2.05) is 44.2 Å². The van der Waals surface area contributed by atoms with Crippen LogP contribution in [-0.4, -0.2) is 13.2 Å². The predicted octanol–water partition coefficient (Wildman–Crippen LogP) is 4.14. The molecule has 2 aromatic carbocycles. The number of benzene rings is 2. The first-order valence-electron chi connectivity index (χ1n) is 7.06. The molecule has 0 spiro atoms. The quantitative estimate of drug-likeness (QED) is 0.746. The molecular weight excluding hydrogens is 377 g/mol. The first-order valence-corrected chi connectivity index (χ1v) is 8.14. The molecule has 1 atom stereocenters. The minimum absolute atomic E-state index is 0.173. The van der Waals surface area contributed by atoms with E-state index < -0.39 is 0 Å². The highest BCUT2D eigenvalue weighted by atomic mass is 127. The van der Waals surface area contributed by atoms with Crippen molar-refractivity contribution in [1.29, 1.82) is 0 Å². The van der Waals surface area contributed by atoms with Gasteiger partial charge in [0.05, 0.1) is 19.3 Å². The van der Waals surface area contributed by atoms with Crippen LogP contribution >= 0.6 is 22.6 Å². The first-order chi connectivity index (χ1) is 10.2. The Balaban J connectivity index is 2.35. The molecule has 112 valence electrons. The van der Waals surface area contributed by atoms with Gasteiger partial charge in [-0.3, -0.25) is 0 Å². The number of hydrogen-bond donors (Lipinski definition) is 1. The molecule has 0 bridgehead atoms. The molecule has 3 nitrogen and oxygen atoms in total. The molecule has 2 rings (SSSR count). The van der Waals surface area contributed by atoms with Gasteiger partial charge < -0.3 is 15.2 Å². The molecular formula is C17H20INO2. The molecule has 0 radical (unpaired) electrons. The zero-order valence-electron chi connectivity index (χ0n) is 12.3. The van der Waals surface area contributed by atoms with Gasteiger partial charge in [-0.15, -0.1) is 0 Å². The van der Waals surface area contributed by atoms with Crippen molar-refractivity contribution in [3.63, 3.8) is 0 Å². The molecule has 0 aliphatic heterocycles. The fraction of sp³-hybridized carbons (Fsp3) is 0.294. The largest absolute Gasteiger partial charge is 0.490 e. The van der Waals surface area contributed by atoms with Crippen molar-refractivity contribution in [2.75, 3.05) is 13.2 Å². The molecule has 2 N–H and O–H groups in total. The molecule has 0 amide bonds. The van der Waals surface area contributed by atoms with E-state index in [0.717, 1.165) is 26.2 Å². The second kappa shape index (κ2) is 7.66. The summed E-state index contributed by atoms with van der Waals surface area (Å²) in [7, 11) is 0. The monoisotopic (exact) mass is 397 g/mol. The maximum atomic E-state index is 6.41. The van der Waals surface area contributed by atoms with Gasteiger partial charge in [-0.1, -0.05) is 24.3 Å². The van der Waals surface area contributed by atoms with E-state index in [4.69, 9.17) is 15.2 Å². The van der Waals surface area contributed by atoms with Crippen LogP contribution in [0.5, 0.6) is 11.5 Å². The summed E-state index contributed by atoms with van der Waals surface area (Å²) in [6, 6.07) is 13.9. The van der Waals surface area contributed by atoms with E-state index in [1.54, 1.807) is 0 Å². The standard InChI is InChI=1S/C17H20INO2/c1-3-20-15-10-9-12(11-16(15)21-4-2)17(19)13-7-5-6-8-14(13)18/h5-11,17H,3-4,19H2,1-2H3. The predicted molar refractivity (Wildman–Crippen MR) is 94.0 cm³/mol. The molecule has 0 saturated heterocycles. The number of hydrogen-bond acceptors (Lipinski definition) is 3. The summed E-state index contributed by atoms with van der Waals surface area (Å²) < 4.78 is 12.4. The Bertz CT molecular complexity index is 601. The van der Waals surface area contributed by atoms with Gasteiger partial charge in [-0.25, -0.2) is 0 Å². The summed E-state index contributed by atoms with van der Waals surface area (Å²) in [6.45, 7) is 5.13. The smallest absolute Gasteiger partial charge is 0.161 e. The lowest BCUT2D eigenvalue weighted by molar-refractivity contribution is 0.287. The van der Waals surface area contributed by atoms with Crippen molar-refractivity contribution >= 4 is 22.6 Å². The summed E-state index contributed by atoms with van der Waals surface area (Å²) in [5.74, 6) is 1.51. The first kappa shape index (κ1) is 16.1. The van der Waals surface area contributed by atoms with Gasteiger partial charge in [0.15, 0.2) is 11.5 Å². The van der Waals surface area contributed by atoms with Crippen molar-refractivity contribution in [2.24, 2.45) is 5.73 Å². The summed E-state index contributed by atoms with van der Waals surface area (Å²) in [5, 5.41) is 0. The lowest BCUT2D eigenvalue weighted by Crippen LogP contribution is -2.13. The highest BCUT2D eigenvalue weighted by Gasteiger charge is 2.14. The Morgan fingerprint density at radius 2 is 1.67 bits per heavy atom. The van der Waals surface area contributed by atoms with Gasteiger partial charge in [-0.2, -0.15) is 0 Å². The molecule has 0 saturated carbocycles. The van der Waals surface area contributed by atoms with Crippen LogP contribution in [0.25, 0.3) is 0 Å². The SMILES string of the molecule is CCOc1ccc(C(N)c2ccccc2I)cc1OCC. The summed E-state index contributed by atoms with van der Waals surface area (Å²) in [5.41, 5.74) is 8.54. The third kappa shape index (κ3) is 3.89. The fourth-order valence-electron chi connectivity index (χ4n) is 2.17. The third-order valence-electron chi connectivity index (χ3n) is 3.17. The van der Waals surface area contributed by atoms with Crippen LogP contribution in [-0.2, 0) is 0 Å². The second-order valence-corrected chi connectivity index (χ2v) is 5.73. The average molecular weight is 397 g/mol. The van der Waals surface area contributed by atoms with Crippen molar-refractivity contribution in [2.45, 2.75) is 19.9 Å². The zero-order chi connectivity index (χ0) is 15.2. The van der Waals surface area contributed by atoms with Crippen LogP contribution in [0.15, 0.2) is 42.5 Å². The highest BCUT2D eigenvalue weighted by Crippen LogP contribution is 2.32. The molecule has 0 aliphatic carbocycles. The van der Waals surface area contributed by atoms with E-state index >= 15 is 0 Å². The number of rotatable bonds is 6. The van der Waals surface area contributed by atoms with E-state index in [-0.39, 0.29) is 6.04 Å². The highest BCUT2D eigenvalue weighted by molar-refractivity contribution is 14.1. The molecule has 0 aromatic heterocycles. The van der Waals surface area contributed by atoms with E-state index in [2.05, 4.69) is 34.7 Å². The Morgan fingerprint density at radius 1 is 1.00 bits per heavy atom. The van der Waals surface area contributed by atoms with Crippen LogP contribution in [0, 0.1) is 3.57 Å². The van der Waals surface area contributed by atoms with Crippen molar-refractivity contribution in [1.82, 2.24) is 0 Å². The summed E-state index contributed by atoms with van der Waals surface area (Å²) in [4.78, 5) is 0. The van der Waals surface area contributed by atoms with Crippen molar-refractivity contribution in [3.05, 3.63) is 57.2 Å². The van der Waals surface area contributed by atoms with Gasteiger partial charge in [-0.05, 0) is 65.8 Å². The number of halogens is 1. The number of ether oxygens (including phenoxy) is 2. The lowest BCUT2D eigenvalue weighted by atomic mass is 9.99. The minimum Gasteiger partial charge on any atom is -0.490 e. The molecule has 0 fully saturated rings. The van der Waals surface area contributed by atoms with Gasteiger partial charge in [0.1, 0.15) is 0 Å². The third-order valence-corrected chi connectivity index (χ3v) is 4.15. The van der Waals surface area contributed by atoms with Crippen LogP contribution in [0.1, 0.15) is 31.0 Å². The van der Waals surface area contributed by atoms with E-state index in [1.165, 1.54) is 0 Å². The van der Waals surface area contributed by atoms with Gasteiger partial charge >= 0.3 is 0 Å².